The minimum atomic E-state index is 0.772. The first-order valence-electron chi connectivity index (χ1n) is 6.48. The smallest absolute Gasteiger partial charge is 0.191 e. The second-order valence-corrected chi connectivity index (χ2v) is 5.10. The first kappa shape index (κ1) is 15.9. The van der Waals surface area contributed by atoms with Crippen molar-refractivity contribution in [1.29, 1.82) is 0 Å². The van der Waals surface area contributed by atoms with E-state index in [0.717, 1.165) is 37.8 Å². The lowest BCUT2D eigenvalue weighted by atomic mass is 10.4. The minimum absolute atomic E-state index is 0.772. The van der Waals surface area contributed by atoms with Crippen LogP contribution in [0.2, 0.25) is 0 Å². The number of nitrogens with one attached hydrogen (secondary N) is 2. The molecule has 0 bridgehead atoms. The number of rotatable bonds is 8. The van der Waals surface area contributed by atoms with Gasteiger partial charge in [-0.25, -0.2) is 0 Å². The molecule has 0 aromatic heterocycles. The Morgan fingerprint density at radius 1 is 1.21 bits per heavy atom. The average molecular weight is 281 g/mol. The van der Waals surface area contributed by atoms with Crippen LogP contribution in [-0.4, -0.2) is 45.6 Å². The van der Waals surface area contributed by atoms with Crippen LogP contribution in [0.5, 0.6) is 0 Å². The Bertz CT molecular complexity index is 357. The molecule has 0 unspecified atom stereocenters. The largest absolute Gasteiger partial charge is 0.385 e. The number of thioether (sulfide) groups is 1. The Balaban J connectivity index is 2.09. The highest BCUT2D eigenvalue weighted by molar-refractivity contribution is 7.99. The summed E-state index contributed by atoms with van der Waals surface area (Å²) in [5.74, 6) is 1.87. The van der Waals surface area contributed by atoms with Crippen molar-refractivity contribution in [3.05, 3.63) is 30.3 Å². The fraction of sp³-hybridized carbons (Fsp3) is 0.500. The third-order valence-corrected chi connectivity index (χ3v) is 3.46. The minimum Gasteiger partial charge on any atom is -0.385 e. The van der Waals surface area contributed by atoms with Crippen molar-refractivity contribution < 1.29 is 4.74 Å². The van der Waals surface area contributed by atoms with Crippen molar-refractivity contribution in [2.24, 2.45) is 4.99 Å². The van der Waals surface area contributed by atoms with Crippen LogP contribution in [0.3, 0.4) is 0 Å². The fourth-order valence-corrected chi connectivity index (χ4v) is 2.29. The molecule has 106 valence electrons. The highest BCUT2D eigenvalue weighted by atomic mass is 32.2. The molecule has 0 aliphatic rings. The van der Waals surface area contributed by atoms with Gasteiger partial charge in [0.15, 0.2) is 5.96 Å². The maximum atomic E-state index is 5.00. The van der Waals surface area contributed by atoms with Crippen LogP contribution in [0.15, 0.2) is 40.2 Å². The van der Waals surface area contributed by atoms with Gasteiger partial charge in [-0.3, -0.25) is 4.99 Å². The van der Waals surface area contributed by atoms with Crippen molar-refractivity contribution in [3.63, 3.8) is 0 Å². The number of nitrogens with zero attached hydrogens (tertiary/aromatic N) is 1. The molecule has 2 N–H and O–H groups in total. The predicted molar refractivity (Wildman–Crippen MR) is 83.0 cm³/mol. The average Bonchev–Trinajstić information content (AvgIpc) is 2.46. The zero-order valence-corrected chi connectivity index (χ0v) is 12.5. The molecule has 0 saturated heterocycles. The monoisotopic (exact) mass is 281 g/mol. The van der Waals surface area contributed by atoms with Gasteiger partial charge in [0.25, 0.3) is 0 Å². The summed E-state index contributed by atoms with van der Waals surface area (Å²) in [6.45, 7) is 2.54. The van der Waals surface area contributed by atoms with E-state index in [1.165, 1.54) is 4.90 Å². The van der Waals surface area contributed by atoms with E-state index < -0.39 is 0 Å². The Morgan fingerprint density at radius 2 is 1.95 bits per heavy atom. The molecule has 0 aliphatic heterocycles. The molecule has 19 heavy (non-hydrogen) atoms. The molecule has 0 radical (unpaired) electrons. The van der Waals surface area contributed by atoms with Crippen molar-refractivity contribution in [3.8, 4) is 0 Å². The number of benzene rings is 1. The lowest BCUT2D eigenvalue weighted by molar-refractivity contribution is 0.195. The Kier molecular flexibility index (Phi) is 8.93. The second-order valence-electron chi connectivity index (χ2n) is 3.93. The van der Waals surface area contributed by atoms with Gasteiger partial charge < -0.3 is 15.4 Å². The molecule has 1 rings (SSSR count). The van der Waals surface area contributed by atoms with Gasteiger partial charge in [0.05, 0.1) is 0 Å². The molecule has 0 atom stereocenters. The van der Waals surface area contributed by atoms with Crippen molar-refractivity contribution in [2.45, 2.75) is 11.3 Å². The van der Waals surface area contributed by atoms with E-state index in [9.17, 15) is 0 Å². The van der Waals surface area contributed by atoms with Gasteiger partial charge in [-0.15, -0.1) is 11.8 Å². The Hall–Kier alpha value is -1.20. The van der Waals surface area contributed by atoms with Gasteiger partial charge >= 0.3 is 0 Å². The fourth-order valence-electron chi connectivity index (χ4n) is 1.50. The summed E-state index contributed by atoms with van der Waals surface area (Å²) in [6.07, 6.45) is 0.982. The molecular weight excluding hydrogens is 258 g/mol. The van der Waals surface area contributed by atoms with E-state index in [-0.39, 0.29) is 0 Å². The third-order valence-electron chi connectivity index (χ3n) is 2.45. The topological polar surface area (TPSA) is 45.7 Å². The van der Waals surface area contributed by atoms with Crippen molar-refractivity contribution >= 4 is 17.7 Å². The molecule has 0 amide bonds. The molecular formula is C14H23N3OS. The van der Waals surface area contributed by atoms with E-state index in [4.69, 9.17) is 4.74 Å². The van der Waals surface area contributed by atoms with E-state index in [1.807, 2.05) is 17.8 Å². The number of hydrogen-bond donors (Lipinski definition) is 2. The molecule has 1 aromatic rings. The zero-order chi connectivity index (χ0) is 13.8. The van der Waals surface area contributed by atoms with Gasteiger partial charge in [0.1, 0.15) is 0 Å². The predicted octanol–water partition coefficient (Wildman–Crippen LogP) is 1.98. The third kappa shape index (κ3) is 7.74. The molecule has 5 heteroatoms. The summed E-state index contributed by atoms with van der Waals surface area (Å²) in [7, 11) is 3.50. The lowest BCUT2D eigenvalue weighted by Crippen LogP contribution is -2.39. The summed E-state index contributed by atoms with van der Waals surface area (Å²) >= 11 is 1.84. The van der Waals surface area contributed by atoms with Gasteiger partial charge in [0.2, 0.25) is 0 Å². The van der Waals surface area contributed by atoms with Gasteiger partial charge in [-0.2, -0.15) is 0 Å². The Morgan fingerprint density at radius 3 is 2.63 bits per heavy atom. The number of guanidine groups is 1. The zero-order valence-electron chi connectivity index (χ0n) is 11.7. The number of hydrogen-bond acceptors (Lipinski definition) is 3. The maximum absolute atomic E-state index is 5.00. The molecule has 1 aromatic carbocycles. The SMILES string of the molecule is CN=C(NCCCOC)NCCSc1ccccc1. The van der Waals surface area contributed by atoms with E-state index in [1.54, 1.807) is 14.2 Å². The van der Waals surface area contributed by atoms with E-state index in [2.05, 4.69) is 39.9 Å². The highest BCUT2D eigenvalue weighted by Gasteiger charge is 1.97. The maximum Gasteiger partial charge on any atom is 0.191 e. The lowest BCUT2D eigenvalue weighted by Gasteiger charge is -2.11. The van der Waals surface area contributed by atoms with Crippen molar-refractivity contribution in [2.75, 3.05) is 39.6 Å². The molecule has 4 nitrogen and oxygen atoms in total. The Labute approximate surface area is 120 Å². The summed E-state index contributed by atoms with van der Waals surface area (Å²) < 4.78 is 5.00. The summed E-state index contributed by atoms with van der Waals surface area (Å²) in [5, 5.41) is 6.55. The molecule has 0 fully saturated rings. The van der Waals surface area contributed by atoms with Crippen LogP contribution in [0.1, 0.15) is 6.42 Å². The quantitative estimate of drug-likeness (QED) is 0.331. The highest BCUT2D eigenvalue weighted by Crippen LogP contribution is 2.15. The number of aliphatic imine (C=N–C) groups is 1. The molecule has 0 aliphatic carbocycles. The second kappa shape index (κ2) is 10.7. The van der Waals surface area contributed by atoms with Crippen LogP contribution >= 0.6 is 11.8 Å². The summed E-state index contributed by atoms with van der Waals surface area (Å²) in [4.78, 5) is 5.47. The van der Waals surface area contributed by atoms with Crippen molar-refractivity contribution in [1.82, 2.24) is 10.6 Å². The standard InChI is InChI=1S/C14H23N3OS/c1-15-14(16-9-6-11-18-2)17-10-12-19-13-7-4-3-5-8-13/h3-5,7-8H,6,9-12H2,1-2H3,(H2,15,16,17). The van der Waals surface area contributed by atoms with Crippen LogP contribution in [0.4, 0.5) is 0 Å². The summed E-state index contributed by atoms with van der Waals surface area (Å²) in [6, 6.07) is 10.4. The van der Waals surface area contributed by atoms with Gasteiger partial charge in [0, 0.05) is 44.5 Å². The van der Waals surface area contributed by atoms with Crippen LogP contribution in [0.25, 0.3) is 0 Å². The van der Waals surface area contributed by atoms with Crippen LogP contribution < -0.4 is 10.6 Å². The molecule has 0 saturated carbocycles. The number of ether oxygens (including phenoxy) is 1. The number of methoxy groups -OCH3 is 1. The van der Waals surface area contributed by atoms with Crippen LogP contribution in [-0.2, 0) is 4.74 Å². The van der Waals surface area contributed by atoms with E-state index >= 15 is 0 Å². The first-order chi connectivity index (χ1) is 9.36. The molecule has 0 spiro atoms. The first-order valence-corrected chi connectivity index (χ1v) is 7.46. The normalized spacial score (nSPS) is 11.4. The molecule has 0 heterocycles. The van der Waals surface area contributed by atoms with E-state index in [0.29, 0.717) is 0 Å². The van der Waals surface area contributed by atoms with Gasteiger partial charge in [-0.1, -0.05) is 18.2 Å². The van der Waals surface area contributed by atoms with Gasteiger partial charge in [-0.05, 0) is 18.6 Å². The summed E-state index contributed by atoms with van der Waals surface area (Å²) in [5.41, 5.74) is 0. The van der Waals surface area contributed by atoms with Crippen LogP contribution in [0, 0.1) is 0 Å².